The Morgan fingerprint density at radius 3 is 2.58 bits per heavy atom. The van der Waals surface area contributed by atoms with Gasteiger partial charge in [0.2, 0.25) is 0 Å². The Balaban J connectivity index is 4.03. The van der Waals surface area contributed by atoms with Gasteiger partial charge in [-0.05, 0) is 13.2 Å². The maximum absolute atomic E-state index is 10.8. The van der Waals surface area contributed by atoms with Gasteiger partial charge < -0.3 is 9.47 Å². The summed E-state index contributed by atoms with van der Waals surface area (Å²) in [7, 11) is 1.56. The van der Waals surface area contributed by atoms with E-state index in [1.165, 1.54) is 11.8 Å². The smallest absolute Gasteiger partial charge is 0.322 e. The fourth-order valence-corrected chi connectivity index (χ4v) is 1.13. The van der Waals surface area contributed by atoms with Crippen LogP contribution in [-0.4, -0.2) is 36.8 Å². The van der Waals surface area contributed by atoms with E-state index in [9.17, 15) is 4.79 Å². The molecule has 0 N–H and O–H groups in total. The van der Waals surface area contributed by atoms with Crippen LogP contribution in [0.15, 0.2) is 0 Å². The fraction of sp³-hybridized carbons (Fsp3) is 0.857. The number of alkyl halides is 1. The number of esters is 1. The molecule has 0 aliphatic carbocycles. The first-order chi connectivity index (χ1) is 5.58. The van der Waals surface area contributed by atoms with Crippen LogP contribution in [0.3, 0.4) is 0 Å². The molecule has 0 aromatic carbocycles. The van der Waals surface area contributed by atoms with Gasteiger partial charge in [-0.15, -0.1) is 23.4 Å². The molecular weight excluding hydrogens is 200 g/mol. The first-order valence-corrected chi connectivity index (χ1v) is 5.16. The van der Waals surface area contributed by atoms with Crippen molar-refractivity contribution in [2.24, 2.45) is 0 Å². The molecule has 0 rings (SSSR count). The number of hydrogen-bond donors (Lipinski definition) is 0. The summed E-state index contributed by atoms with van der Waals surface area (Å²) in [6.45, 7) is 2.14. The van der Waals surface area contributed by atoms with E-state index in [0.717, 1.165) is 0 Å². The maximum Gasteiger partial charge on any atom is 0.322 e. The minimum absolute atomic E-state index is 0.125. The Labute approximate surface area is 81.7 Å². The summed E-state index contributed by atoms with van der Waals surface area (Å²) in [5.41, 5.74) is 0. The van der Waals surface area contributed by atoms with Crippen molar-refractivity contribution in [3.63, 3.8) is 0 Å². The molecule has 0 saturated carbocycles. The van der Waals surface area contributed by atoms with Gasteiger partial charge in [0.25, 0.3) is 0 Å². The summed E-state index contributed by atoms with van der Waals surface area (Å²) >= 11 is 6.70. The van der Waals surface area contributed by atoms with Gasteiger partial charge in [-0.3, -0.25) is 4.79 Å². The first-order valence-electron chi connectivity index (χ1n) is 3.40. The molecule has 5 heteroatoms. The van der Waals surface area contributed by atoms with Crippen molar-refractivity contribution in [2.45, 2.75) is 11.9 Å². The van der Waals surface area contributed by atoms with Crippen LogP contribution >= 0.6 is 23.4 Å². The second kappa shape index (κ2) is 5.67. The van der Waals surface area contributed by atoms with Gasteiger partial charge in [-0.2, -0.15) is 0 Å². The normalized spacial score (nSPS) is 15.3. The molecule has 0 amide bonds. The molecule has 0 fully saturated rings. The van der Waals surface area contributed by atoms with Crippen LogP contribution in [0.25, 0.3) is 0 Å². The van der Waals surface area contributed by atoms with Crippen LogP contribution in [0.4, 0.5) is 0 Å². The van der Waals surface area contributed by atoms with Crippen molar-refractivity contribution >= 4 is 29.3 Å². The second-order valence-corrected chi connectivity index (χ2v) is 3.92. The Morgan fingerprint density at radius 2 is 2.25 bits per heavy atom. The van der Waals surface area contributed by atoms with Gasteiger partial charge in [0, 0.05) is 7.11 Å². The van der Waals surface area contributed by atoms with Gasteiger partial charge in [-0.1, -0.05) is 0 Å². The molecule has 72 valence electrons. The molecule has 0 aromatic rings. The molecule has 0 aromatic heterocycles. The first kappa shape index (κ1) is 12.1. The lowest BCUT2D eigenvalue weighted by atomic mass is 10.4. The summed E-state index contributed by atoms with van der Waals surface area (Å²) in [4.78, 5) is 10.2. The van der Waals surface area contributed by atoms with Crippen LogP contribution in [0.5, 0.6) is 0 Å². The molecule has 3 nitrogen and oxygen atoms in total. The van der Waals surface area contributed by atoms with Gasteiger partial charge >= 0.3 is 5.97 Å². The predicted octanol–water partition coefficient (Wildman–Crippen LogP) is 1.49. The number of carbonyl (C=O) groups is 1. The summed E-state index contributed by atoms with van der Waals surface area (Å²) < 4.78 is 9.95. The Hall–Kier alpha value is 0.0700. The molecule has 0 heterocycles. The fourth-order valence-electron chi connectivity index (χ4n) is 0.660. The molecule has 0 radical (unpaired) electrons. The third-order valence-corrected chi connectivity index (χ3v) is 2.56. The molecule has 0 saturated heterocycles. The van der Waals surface area contributed by atoms with Crippen molar-refractivity contribution in [3.8, 4) is 0 Å². The zero-order valence-electron chi connectivity index (χ0n) is 7.43. The average molecular weight is 213 g/mol. The van der Waals surface area contributed by atoms with Crippen LogP contribution < -0.4 is 0 Å². The molecule has 1 unspecified atom stereocenters. The minimum Gasteiger partial charge on any atom is -0.445 e. The number of rotatable bonds is 5. The zero-order valence-corrected chi connectivity index (χ0v) is 9.00. The highest BCUT2D eigenvalue weighted by atomic mass is 35.5. The summed E-state index contributed by atoms with van der Waals surface area (Å²) in [5, 5.41) is 0. The summed E-state index contributed by atoms with van der Waals surface area (Å²) in [5.74, 6) is -0.551. The Kier molecular flexibility index (Phi) is 5.70. The lowest BCUT2D eigenvalue weighted by Crippen LogP contribution is -2.33. The number of carbonyl (C=O) groups excluding carboxylic acids is 1. The van der Waals surface area contributed by atoms with Crippen LogP contribution in [0.2, 0.25) is 0 Å². The topological polar surface area (TPSA) is 35.5 Å². The second-order valence-electron chi connectivity index (χ2n) is 2.38. The Bertz CT molecular complexity index is 154. The highest BCUT2D eigenvalue weighted by Crippen LogP contribution is 2.24. The minimum atomic E-state index is -0.624. The van der Waals surface area contributed by atoms with E-state index >= 15 is 0 Å². The van der Waals surface area contributed by atoms with Crippen molar-refractivity contribution in [1.82, 2.24) is 0 Å². The molecule has 0 spiro atoms. The van der Waals surface area contributed by atoms with Gasteiger partial charge in [0.1, 0.15) is 5.88 Å². The molecule has 0 bridgehead atoms. The maximum atomic E-state index is 10.8. The molecular formula is C7H13ClO3S. The van der Waals surface area contributed by atoms with E-state index in [0.29, 0.717) is 6.61 Å². The molecule has 0 aliphatic heterocycles. The molecule has 1 atom stereocenters. The van der Waals surface area contributed by atoms with Crippen molar-refractivity contribution < 1.29 is 14.3 Å². The van der Waals surface area contributed by atoms with Gasteiger partial charge in [-0.25, -0.2) is 0 Å². The number of hydrogen-bond acceptors (Lipinski definition) is 4. The molecule has 12 heavy (non-hydrogen) atoms. The average Bonchev–Trinajstić information content (AvgIpc) is 2.05. The van der Waals surface area contributed by atoms with Crippen molar-refractivity contribution in [1.29, 1.82) is 0 Å². The zero-order chi connectivity index (χ0) is 9.61. The number of methoxy groups -OCH3 is 1. The third-order valence-electron chi connectivity index (χ3n) is 1.28. The van der Waals surface area contributed by atoms with Crippen molar-refractivity contribution in [3.05, 3.63) is 0 Å². The number of thioether (sulfide) groups is 1. The van der Waals surface area contributed by atoms with Crippen LogP contribution in [-0.2, 0) is 14.3 Å². The number of ether oxygens (including phenoxy) is 2. The van der Waals surface area contributed by atoms with Crippen LogP contribution in [0.1, 0.15) is 6.92 Å². The predicted molar refractivity (Wildman–Crippen MR) is 50.6 cm³/mol. The lowest BCUT2D eigenvalue weighted by molar-refractivity contribution is -0.150. The van der Waals surface area contributed by atoms with E-state index in [1.807, 2.05) is 6.26 Å². The molecule has 0 aliphatic rings. The van der Waals surface area contributed by atoms with E-state index in [1.54, 1.807) is 14.0 Å². The highest BCUT2D eigenvalue weighted by molar-refractivity contribution is 7.99. The van der Waals surface area contributed by atoms with Crippen molar-refractivity contribution in [2.75, 3.05) is 25.9 Å². The van der Waals surface area contributed by atoms with E-state index in [4.69, 9.17) is 21.1 Å². The third kappa shape index (κ3) is 4.18. The van der Waals surface area contributed by atoms with E-state index in [-0.39, 0.29) is 5.88 Å². The van der Waals surface area contributed by atoms with Gasteiger partial charge in [0.15, 0.2) is 4.93 Å². The van der Waals surface area contributed by atoms with Gasteiger partial charge in [0.05, 0.1) is 6.61 Å². The standard InChI is InChI=1S/C7H13ClO3S/c1-7(12-3,5-10-2)11-6(9)4-8/h4-5H2,1-3H3. The number of halogens is 1. The quantitative estimate of drug-likeness (QED) is 0.393. The lowest BCUT2D eigenvalue weighted by Gasteiger charge is -2.26. The summed E-state index contributed by atoms with van der Waals surface area (Å²) in [6.07, 6.45) is 1.85. The highest BCUT2D eigenvalue weighted by Gasteiger charge is 2.27. The van der Waals surface area contributed by atoms with E-state index < -0.39 is 10.9 Å². The SMILES string of the molecule is COCC(C)(OC(=O)CCl)SC. The summed E-state index contributed by atoms with van der Waals surface area (Å²) in [6, 6.07) is 0. The van der Waals surface area contributed by atoms with Crippen LogP contribution in [0, 0.1) is 0 Å². The monoisotopic (exact) mass is 212 g/mol. The Morgan fingerprint density at radius 1 is 1.67 bits per heavy atom. The van der Waals surface area contributed by atoms with E-state index in [2.05, 4.69) is 0 Å². The largest absolute Gasteiger partial charge is 0.445 e.